The predicted octanol–water partition coefficient (Wildman–Crippen LogP) is 4.98. The highest BCUT2D eigenvalue weighted by Crippen LogP contribution is 2.24. The minimum absolute atomic E-state index is 0.125. The number of rotatable bonds is 8. The third kappa shape index (κ3) is 5.87. The molecule has 0 unspecified atom stereocenters. The topological polar surface area (TPSA) is 75.3 Å². The van der Waals surface area contributed by atoms with E-state index in [0.29, 0.717) is 17.1 Å². The molecule has 2 N–H and O–H groups in total. The Morgan fingerprint density at radius 2 is 1.50 bits per heavy atom. The maximum Gasteiger partial charge on any atom is 0.261 e. The first-order valence-electron chi connectivity index (χ1n) is 9.46. The number of nitrogens with one attached hydrogen (secondary N) is 2. The van der Waals surface area contributed by atoms with E-state index in [1.54, 1.807) is 12.1 Å². The van der Waals surface area contributed by atoms with Crippen LogP contribution < -0.4 is 10.0 Å². The first-order valence-corrected chi connectivity index (χ1v) is 12.1. The average molecular weight is 441 g/mol. The molecule has 0 aromatic heterocycles. The molecule has 1 amide bonds. The number of thioether (sulfide) groups is 1. The Kier molecular flexibility index (Phi) is 7.18. The number of hydrogen-bond donors (Lipinski definition) is 2. The Hall–Kier alpha value is -2.77. The molecule has 0 saturated heterocycles. The Labute approximate surface area is 182 Å². The molecule has 0 saturated carbocycles. The molecule has 0 spiro atoms. The summed E-state index contributed by atoms with van der Waals surface area (Å²) in [6.07, 6.45) is 0. The van der Waals surface area contributed by atoms with Crippen LogP contribution in [0.25, 0.3) is 0 Å². The number of sulfonamides is 1. The highest BCUT2D eigenvalue weighted by atomic mass is 32.2. The lowest BCUT2D eigenvalue weighted by Gasteiger charge is -2.13. The van der Waals surface area contributed by atoms with Crippen molar-refractivity contribution in [3.63, 3.8) is 0 Å². The van der Waals surface area contributed by atoms with E-state index in [4.69, 9.17) is 0 Å². The Morgan fingerprint density at radius 3 is 2.13 bits per heavy atom. The molecule has 0 aliphatic carbocycles. The first-order chi connectivity index (χ1) is 14.3. The van der Waals surface area contributed by atoms with Crippen molar-refractivity contribution in [3.8, 4) is 0 Å². The van der Waals surface area contributed by atoms with E-state index in [1.165, 1.54) is 29.5 Å². The summed E-state index contributed by atoms with van der Waals surface area (Å²) in [7, 11) is -3.72. The van der Waals surface area contributed by atoms with Crippen molar-refractivity contribution in [2.75, 3.05) is 15.8 Å². The zero-order valence-corrected chi connectivity index (χ0v) is 18.5. The van der Waals surface area contributed by atoms with Crippen molar-refractivity contribution in [2.45, 2.75) is 24.5 Å². The van der Waals surface area contributed by atoms with Gasteiger partial charge in [-0.25, -0.2) is 8.42 Å². The van der Waals surface area contributed by atoms with Crippen LogP contribution >= 0.6 is 11.8 Å². The molecular formula is C23H24N2O3S2. The van der Waals surface area contributed by atoms with Crippen LogP contribution in [0.5, 0.6) is 0 Å². The zero-order valence-electron chi connectivity index (χ0n) is 16.9. The number of anilines is 2. The summed E-state index contributed by atoms with van der Waals surface area (Å²) in [5.41, 5.74) is 4.03. The van der Waals surface area contributed by atoms with Gasteiger partial charge in [0, 0.05) is 11.4 Å². The van der Waals surface area contributed by atoms with Gasteiger partial charge in [0.25, 0.3) is 10.0 Å². The van der Waals surface area contributed by atoms with Gasteiger partial charge in [-0.2, -0.15) is 0 Å². The van der Waals surface area contributed by atoms with Gasteiger partial charge in [0.2, 0.25) is 5.91 Å². The fraction of sp³-hybridized carbons (Fsp3) is 0.174. The molecule has 30 heavy (non-hydrogen) atoms. The summed E-state index contributed by atoms with van der Waals surface area (Å²) in [6, 6.07) is 21.7. The average Bonchev–Trinajstić information content (AvgIpc) is 2.72. The lowest BCUT2D eigenvalue weighted by Crippen LogP contribution is -2.16. The Bertz CT molecular complexity index is 1090. The molecule has 5 nitrogen and oxygen atoms in total. The quantitative estimate of drug-likeness (QED) is 0.518. The van der Waals surface area contributed by atoms with Gasteiger partial charge in [-0.05, 0) is 54.8 Å². The maximum absolute atomic E-state index is 12.7. The molecule has 3 aromatic rings. The van der Waals surface area contributed by atoms with E-state index >= 15 is 0 Å². The van der Waals surface area contributed by atoms with E-state index in [0.717, 1.165) is 16.9 Å². The van der Waals surface area contributed by atoms with E-state index in [9.17, 15) is 13.2 Å². The molecule has 0 fully saturated rings. The Morgan fingerprint density at radius 1 is 0.867 bits per heavy atom. The van der Waals surface area contributed by atoms with Crippen molar-refractivity contribution >= 4 is 39.1 Å². The van der Waals surface area contributed by atoms with E-state index in [2.05, 4.69) is 10.0 Å². The van der Waals surface area contributed by atoms with Gasteiger partial charge in [0.1, 0.15) is 0 Å². The molecule has 0 atom stereocenters. The molecule has 0 radical (unpaired) electrons. The molecule has 0 heterocycles. The van der Waals surface area contributed by atoms with Gasteiger partial charge in [-0.1, -0.05) is 48.5 Å². The van der Waals surface area contributed by atoms with Crippen LogP contribution in [0.3, 0.4) is 0 Å². The summed E-state index contributed by atoms with van der Waals surface area (Å²) >= 11 is 1.53. The largest absolute Gasteiger partial charge is 0.325 e. The minimum atomic E-state index is -3.72. The lowest BCUT2D eigenvalue weighted by atomic mass is 10.1. The third-order valence-electron chi connectivity index (χ3n) is 4.51. The van der Waals surface area contributed by atoms with Crippen LogP contribution in [0.15, 0.2) is 77.7 Å². The normalized spacial score (nSPS) is 11.1. The molecule has 0 aliphatic rings. The summed E-state index contributed by atoms with van der Waals surface area (Å²) in [4.78, 5) is 12.3. The van der Waals surface area contributed by atoms with Crippen molar-refractivity contribution in [2.24, 2.45) is 0 Å². The molecule has 0 bridgehead atoms. The SMILES string of the molecule is Cc1cccc(C)c1NS(=O)(=O)c1ccc(NC(=O)CSCc2ccccc2)cc1. The minimum Gasteiger partial charge on any atom is -0.325 e. The predicted molar refractivity (Wildman–Crippen MR) is 124 cm³/mol. The van der Waals surface area contributed by atoms with Crippen molar-refractivity contribution < 1.29 is 13.2 Å². The molecule has 7 heteroatoms. The van der Waals surface area contributed by atoms with Gasteiger partial charge in [0.15, 0.2) is 0 Å². The highest BCUT2D eigenvalue weighted by molar-refractivity contribution is 7.99. The Balaban J connectivity index is 1.58. The van der Waals surface area contributed by atoms with Crippen LogP contribution in [-0.2, 0) is 20.6 Å². The monoisotopic (exact) mass is 440 g/mol. The number of hydrogen-bond acceptors (Lipinski definition) is 4. The lowest BCUT2D eigenvalue weighted by molar-refractivity contribution is -0.113. The number of para-hydroxylation sites is 1. The second-order valence-electron chi connectivity index (χ2n) is 6.92. The van der Waals surface area contributed by atoms with Crippen LogP contribution in [0, 0.1) is 13.8 Å². The standard InChI is InChI=1S/C23H24N2O3S2/c1-17-7-6-8-18(2)23(17)25-30(27,28)21-13-11-20(12-14-21)24-22(26)16-29-15-19-9-4-3-5-10-19/h3-14,25H,15-16H2,1-2H3,(H,24,26). The number of carbonyl (C=O) groups excluding carboxylic acids is 1. The van der Waals surface area contributed by atoms with Crippen LogP contribution in [-0.4, -0.2) is 20.1 Å². The fourth-order valence-electron chi connectivity index (χ4n) is 2.92. The van der Waals surface area contributed by atoms with Gasteiger partial charge in [-0.3, -0.25) is 9.52 Å². The second-order valence-corrected chi connectivity index (χ2v) is 9.59. The van der Waals surface area contributed by atoms with Gasteiger partial charge >= 0.3 is 0 Å². The first kappa shape index (κ1) is 21.9. The van der Waals surface area contributed by atoms with Crippen molar-refractivity contribution in [3.05, 3.63) is 89.5 Å². The fourth-order valence-corrected chi connectivity index (χ4v) is 4.91. The van der Waals surface area contributed by atoms with Gasteiger partial charge in [-0.15, -0.1) is 11.8 Å². The number of benzene rings is 3. The van der Waals surface area contributed by atoms with Gasteiger partial charge in [0.05, 0.1) is 16.3 Å². The van der Waals surface area contributed by atoms with Crippen molar-refractivity contribution in [1.82, 2.24) is 0 Å². The number of aryl methyl sites for hydroxylation is 2. The van der Waals surface area contributed by atoms with Crippen molar-refractivity contribution in [1.29, 1.82) is 0 Å². The second kappa shape index (κ2) is 9.82. The van der Waals surface area contributed by atoms with Crippen LogP contribution in [0.1, 0.15) is 16.7 Å². The van der Waals surface area contributed by atoms with Crippen LogP contribution in [0.2, 0.25) is 0 Å². The summed E-state index contributed by atoms with van der Waals surface area (Å²) in [5.74, 6) is 0.957. The smallest absolute Gasteiger partial charge is 0.261 e. The van der Waals surface area contributed by atoms with E-state index in [-0.39, 0.29) is 10.8 Å². The number of carbonyl (C=O) groups is 1. The molecule has 156 valence electrons. The maximum atomic E-state index is 12.7. The van der Waals surface area contributed by atoms with Gasteiger partial charge < -0.3 is 5.32 Å². The summed E-state index contributed by atoms with van der Waals surface area (Å²) in [6.45, 7) is 3.72. The van der Waals surface area contributed by atoms with E-state index < -0.39 is 10.0 Å². The van der Waals surface area contributed by atoms with Crippen LogP contribution in [0.4, 0.5) is 11.4 Å². The zero-order chi connectivity index (χ0) is 21.6. The van der Waals surface area contributed by atoms with E-state index in [1.807, 2.05) is 62.4 Å². The third-order valence-corrected chi connectivity index (χ3v) is 6.88. The molecule has 3 rings (SSSR count). The molecule has 3 aromatic carbocycles. The summed E-state index contributed by atoms with van der Waals surface area (Å²) in [5, 5.41) is 2.80. The summed E-state index contributed by atoms with van der Waals surface area (Å²) < 4.78 is 28.1. The molecule has 0 aliphatic heterocycles. The highest BCUT2D eigenvalue weighted by Gasteiger charge is 2.16. The molecular weight excluding hydrogens is 416 g/mol. The number of amides is 1.